The Labute approximate surface area is 184 Å². The van der Waals surface area contributed by atoms with Gasteiger partial charge in [-0.2, -0.15) is 14.4 Å². The van der Waals surface area contributed by atoms with E-state index in [0.717, 1.165) is 12.1 Å². The number of fused-ring (bicyclic) bond motifs is 1. The minimum Gasteiger partial charge on any atom is -0.308 e. The fraction of sp³-hybridized carbons (Fsp3) is 0.333. The summed E-state index contributed by atoms with van der Waals surface area (Å²) in [5.41, 5.74) is 1.82. The molecule has 11 heteroatoms. The first-order valence-electron chi connectivity index (χ1n) is 10.7. The molecule has 0 amide bonds. The Kier molecular flexibility index (Phi) is 4.47. The maximum absolute atomic E-state index is 13.3. The Morgan fingerprint density at radius 3 is 2.84 bits per heavy atom. The van der Waals surface area contributed by atoms with E-state index in [2.05, 4.69) is 25.5 Å². The van der Waals surface area contributed by atoms with Gasteiger partial charge in [-0.3, -0.25) is 14.5 Å². The summed E-state index contributed by atoms with van der Waals surface area (Å²) in [5.74, 6) is 2.27. The van der Waals surface area contributed by atoms with Crippen LogP contribution in [0.25, 0.3) is 5.65 Å². The van der Waals surface area contributed by atoms with Gasteiger partial charge < -0.3 is 5.32 Å². The van der Waals surface area contributed by atoms with Crippen molar-refractivity contribution in [1.82, 2.24) is 33.9 Å². The van der Waals surface area contributed by atoms with Crippen molar-refractivity contribution in [2.24, 2.45) is 0 Å². The highest BCUT2D eigenvalue weighted by Gasteiger charge is 2.38. The van der Waals surface area contributed by atoms with Crippen LogP contribution in [0, 0.1) is 0 Å². The third-order valence-corrected chi connectivity index (χ3v) is 7.89. The minimum atomic E-state index is -3.70. The summed E-state index contributed by atoms with van der Waals surface area (Å²) < 4.78 is 29.9. The first kappa shape index (κ1) is 19.4. The lowest BCUT2D eigenvalue weighted by Crippen LogP contribution is -2.32. The number of pyridine rings is 1. The second-order valence-corrected chi connectivity index (χ2v) is 10.1. The third-order valence-electron chi connectivity index (χ3n) is 6.00. The number of anilines is 2. The van der Waals surface area contributed by atoms with Crippen molar-refractivity contribution in [1.29, 1.82) is 0 Å². The molecule has 32 heavy (non-hydrogen) atoms. The maximum atomic E-state index is 13.3. The monoisotopic (exact) mass is 450 g/mol. The highest BCUT2D eigenvalue weighted by atomic mass is 32.2. The van der Waals surface area contributed by atoms with Gasteiger partial charge in [-0.25, -0.2) is 13.4 Å². The lowest BCUT2D eigenvalue weighted by Gasteiger charge is -2.23. The van der Waals surface area contributed by atoms with Gasteiger partial charge in [-0.1, -0.05) is 0 Å². The van der Waals surface area contributed by atoms with Gasteiger partial charge in [0.1, 0.15) is 10.5 Å². The predicted octanol–water partition coefficient (Wildman–Crippen LogP) is 2.99. The first-order valence-corrected chi connectivity index (χ1v) is 12.1. The zero-order valence-corrected chi connectivity index (χ0v) is 18.0. The summed E-state index contributed by atoms with van der Waals surface area (Å²) in [4.78, 5) is 13.6. The minimum absolute atomic E-state index is 0.179. The quantitative estimate of drug-likeness (QED) is 0.463. The normalized spacial score (nSPS) is 19.6. The zero-order chi connectivity index (χ0) is 21.7. The second kappa shape index (κ2) is 7.38. The van der Waals surface area contributed by atoms with Gasteiger partial charge >= 0.3 is 0 Å². The number of sulfonamides is 1. The zero-order valence-electron chi connectivity index (χ0n) is 17.2. The summed E-state index contributed by atoms with van der Waals surface area (Å²) >= 11 is 0. The molecule has 10 nitrogen and oxygen atoms in total. The lowest BCUT2D eigenvalue weighted by atomic mass is 10.2. The molecule has 164 valence electrons. The van der Waals surface area contributed by atoms with Crippen LogP contribution in [0.4, 0.5) is 11.8 Å². The Bertz CT molecular complexity index is 1380. The molecule has 6 rings (SSSR count). The number of H-pyrrole nitrogens is 1. The summed E-state index contributed by atoms with van der Waals surface area (Å²) in [7, 11) is -3.70. The Morgan fingerprint density at radius 2 is 2.03 bits per heavy atom. The lowest BCUT2D eigenvalue weighted by molar-refractivity contribution is 0.383. The fourth-order valence-corrected chi connectivity index (χ4v) is 5.84. The highest BCUT2D eigenvalue weighted by molar-refractivity contribution is 7.89. The van der Waals surface area contributed by atoms with Gasteiger partial charge in [-0.05, 0) is 49.9 Å². The molecule has 2 N–H and O–H groups in total. The van der Waals surface area contributed by atoms with Crippen LogP contribution in [0.15, 0.2) is 53.8 Å². The fourth-order valence-electron chi connectivity index (χ4n) is 4.22. The van der Waals surface area contributed by atoms with Crippen molar-refractivity contribution >= 4 is 27.4 Å². The van der Waals surface area contributed by atoms with Crippen LogP contribution in [0.5, 0.6) is 0 Å². The average molecular weight is 451 g/mol. The summed E-state index contributed by atoms with van der Waals surface area (Å²) in [6.45, 7) is 0.421. The molecule has 1 unspecified atom stereocenters. The van der Waals surface area contributed by atoms with Crippen LogP contribution in [0.1, 0.15) is 49.2 Å². The van der Waals surface area contributed by atoms with Crippen molar-refractivity contribution in [3.63, 3.8) is 0 Å². The third kappa shape index (κ3) is 3.33. The second-order valence-electron chi connectivity index (χ2n) is 8.21. The molecule has 0 radical (unpaired) electrons. The molecule has 2 aliphatic rings. The van der Waals surface area contributed by atoms with Crippen molar-refractivity contribution in [3.05, 3.63) is 60.4 Å². The molecular formula is C21H22N8O2S. The van der Waals surface area contributed by atoms with E-state index in [1.54, 1.807) is 18.3 Å². The highest BCUT2D eigenvalue weighted by Crippen LogP contribution is 2.40. The molecule has 1 saturated heterocycles. The molecule has 0 bridgehead atoms. The van der Waals surface area contributed by atoms with E-state index in [4.69, 9.17) is 4.98 Å². The molecule has 0 aromatic carbocycles. The van der Waals surface area contributed by atoms with Crippen molar-refractivity contribution < 1.29 is 8.42 Å². The van der Waals surface area contributed by atoms with Gasteiger partial charge in [0.15, 0.2) is 11.6 Å². The number of aromatic amines is 1. The van der Waals surface area contributed by atoms with Crippen LogP contribution in [0.2, 0.25) is 0 Å². The molecule has 1 aliphatic heterocycles. The van der Waals surface area contributed by atoms with E-state index in [1.807, 2.05) is 28.8 Å². The van der Waals surface area contributed by atoms with Gasteiger partial charge in [0, 0.05) is 42.8 Å². The first-order chi connectivity index (χ1) is 15.6. The van der Waals surface area contributed by atoms with E-state index < -0.39 is 16.1 Å². The average Bonchev–Trinajstić information content (AvgIpc) is 3.21. The van der Waals surface area contributed by atoms with E-state index in [-0.39, 0.29) is 4.90 Å². The smallest absolute Gasteiger partial charge is 0.245 e. The molecule has 4 aromatic rings. The van der Waals surface area contributed by atoms with E-state index in [9.17, 15) is 8.42 Å². The largest absolute Gasteiger partial charge is 0.308 e. The number of aromatic nitrogens is 6. The van der Waals surface area contributed by atoms with Gasteiger partial charge in [0.25, 0.3) is 0 Å². The topological polar surface area (TPSA) is 121 Å². The molecule has 4 aromatic heterocycles. The number of hydrogen-bond acceptors (Lipinski definition) is 7. The van der Waals surface area contributed by atoms with Crippen LogP contribution in [-0.4, -0.2) is 48.8 Å². The van der Waals surface area contributed by atoms with Gasteiger partial charge in [-0.15, -0.1) is 0 Å². The molecule has 1 aliphatic carbocycles. The van der Waals surface area contributed by atoms with E-state index >= 15 is 0 Å². The molecule has 0 spiro atoms. The Balaban J connectivity index is 1.37. The Hall–Kier alpha value is -3.31. The summed E-state index contributed by atoms with van der Waals surface area (Å²) in [6.07, 6.45) is 8.58. The van der Waals surface area contributed by atoms with Gasteiger partial charge in [0.05, 0.1) is 6.04 Å². The van der Waals surface area contributed by atoms with Crippen LogP contribution in [-0.2, 0) is 10.0 Å². The van der Waals surface area contributed by atoms with Crippen LogP contribution in [0.3, 0.4) is 0 Å². The summed E-state index contributed by atoms with van der Waals surface area (Å²) in [6, 6.07) is 8.52. The number of rotatable bonds is 6. The van der Waals surface area contributed by atoms with Crippen molar-refractivity contribution in [2.45, 2.75) is 42.5 Å². The predicted molar refractivity (Wildman–Crippen MR) is 117 cm³/mol. The molecule has 5 heterocycles. The van der Waals surface area contributed by atoms with E-state index in [1.165, 1.54) is 23.3 Å². The molecule has 1 saturated carbocycles. The SMILES string of the molecule is O=S(=O)(c1cccnc1)N1CCCC1c1nc(Nc2cc(C3CC3)[nH]n2)n2cccc2n1. The number of nitrogens with zero attached hydrogens (tertiary/aromatic N) is 6. The summed E-state index contributed by atoms with van der Waals surface area (Å²) in [5, 5.41) is 10.7. The molecule has 2 fully saturated rings. The number of hydrogen-bond donors (Lipinski definition) is 2. The van der Waals surface area contributed by atoms with Crippen LogP contribution >= 0.6 is 0 Å². The van der Waals surface area contributed by atoms with Crippen molar-refractivity contribution in [2.75, 3.05) is 11.9 Å². The van der Waals surface area contributed by atoms with Crippen LogP contribution < -0.4 is 5.32 Å². The Morgan fingerprint density at radius 1 is 1.12 bits per heavy atom. The molecular weight excluding hydrogens is 428 g/mol. The standard InChI is InChI=1S/C21H22N8O2S/c30-32(31,15-4-1-9-22-13-15)29-11-2-5-17(29)20-24-19-6-3-10-28(19)21(25-20)23-18-12-16(26-27-18)14-7-8-14/h1,3-4,6,9-10,12-14,17H,2,5,7-8,11H2,(H2,23,24,25,26,27). The van der Waals surface area contributed by atoms with Crippen molar-refractivity contribution in [3.8, 4) is 0 Å². The number of nitrogens with one attached hydrogen (secondary N) is 2. The maximum Gasteiger partial charge on any atom is 0.245 e. The van der Waals surface area contributed by atoms with Gasteiger partial charge in [0.2, 0.25) is 16.0 Å². The van der Waals surface area contributed by atoms with E-state index in [0.29, 0.717) is 42.1 Å². The molecule has 1 atom stereocenters.